The van der Waals surface area contributed by atoms with Crippen molar-refractivity contribution >= 4 is 14.7 Å². The summed E-state index contributed by atoms with van der Waals surface area (Å²) < 4.78 is 26.4. The fourth-order valence-corrected chi connectivity index (χ4v) is 2.44. The first-order chi connectivity index (χ1) is 10.4. The van der Waals surface area contributed by atoms with Crippen molar-refractivity contribution in [1.29, 1.82) is 0 Å². The first-order valence-corrected chi connectivity index (χ1v) is 7.38. The molecule has 0 bridgehead atoms. The molecule has 4 atom stereocenters. The van der Waals surface area contributed by atoms with Gasteiger partial charge in [-0.2, -0.15) is 4.52 Å². The van der Waals surface area contributed by atoms with Gasteiger partial charge in [0.15, 0.2) is 0 Å². The van der Waals surface area contributed by atoms with Gasteiger partial charge in [-0.25, -0.2) is 4.79 Å². The molecule has 1 aromatic heterocycles. The van der Waals surface area contributed by atoms with Gasteiger partial charge in [0.25, 0.3) is 5.56 Å². The average molecular weight is 333 g/mol. The van der Waals surface area contributed by atoms with Gasteiger partial charge in [0.2, 0.25) is 0 Å². The summed E-state index contributed by atoms with van der Waals surface area (Å²) in [6, 6.07) is 0. The molecule has 1 saturated heterocycles. The zero-order chi connectivity index (χ0) is 16.3. The second kappa shape index (κ2) is 6.93. The van der Waals surface area contributed by atoms with E-state index in [1.54, 1.807) is 0 Å². The van der Waals surface area contributed by atoms with Gasteiger partial charge in [0.1, 0.15) is 18.9 Å². The number of hydrogen-bond donors (Lipinski definition) is 2. The molecule has 0 saturated carbocycles. The Hall–Kier alpha value is -1.87. The Balaban J connectivity index is 2.06. The van der Waals surface area contributed by atoms with Crippen molar-refractivity contribution in [1.82, 2.24) is 9.55 Å². The molecule has 0 spiro atoms. The SMILES string of the molecule is Cc1cn([C@H]2C[C@H](O)[C@@H](CO[P+](=O)OC=O)O2)c(=O)[nH]c1=O. The lowest BCUT2D eigenvalue weighted by Gasteiger charge is -2.14. The van der Waals surface area contributed by atoms with Gasteiger partial charge >= 0.3 is 20.4 Å². The second-order valence-electron chi connectivity index (χ2n) is 4.63. The molecule has 10 nitrogen and oxygen atoms in total. The van der Waals surface area contributed by atoms with Crippen LogP contribution in [-0.4, -0.2) is 39.9 Å². The molecule has 1 aromatic rings. The van der Waals surface area contributed by atoms with Crippen LogP contribution in [0.4, 0.5) is 0 Å². The Bertz CT molecular complexity index is 683. The number of aromatic amines is 1. The third-order valence-corrected chi connectivity index (χ3v) is 3.75. The van der Waals surface area contributed by atoms with Gasteiger partial charge in [0.05, 0.1) is 6.10 Å². The molecule has 11 heteroatoms. The highest BCUT2D eigenvalue weighted by Gasteiger charge is 2.38. The fraction of sp³-hybridized carbons (Fsp3) is 0.545. The van der Waals surface area contributed by atoms with Gasteiger partial charge < -0.3 is 9.84 Å². The maximum absolute atomic E-state index is 11.8. The number of aromatic nitrogens is 2. The van der Waals surface area contributed by atoms with E-state index < -0.39 is 37.9 Å². The van der Waals surface area contributed by atoms with Crippen molar-refractivity contribution in [2.75, 3.05) is 6.61 Å². The van der Waals surface area contributed by atoms with Crippen LogP contribution in [0.3, 0.4) is 0 Å². The van der Waals surface area contributed by atoms with Crippen LogP contribution < -0.4 is 11.2 Å². The number of aliphatic hydroxyl groups excluding tert-OH is 1. The minimum atomic E-state index is -2.63. The van der Waals surface area contributed by atoms with Crippen LogP contribution in [-0.2, 0) is 23.1 Å². The van der Waals surface area contributed by atoms with Crippen LogP contribution in [0.25, 0.3) is 0 Å². The summed E-state index contributed by atoms with van der Waals surface area (Å²) in [5.41, 5.74) is -0.840. The monoisotopic (exact) mass is 333 g/mol. The van der Waals surface area contributed by atoms with Crippen molar-refractivity contribution in [3.63, 3.8) is 0 Å². The molecule has 1 fully saturated rings. The van der Waals surface area contributed by atoms with Crippen molar-refractivity contribution in [2.24, 2.45) is 0 Å². The summed E-state index contributed by atoms with van der Waals surface area (Å²) in [5, 5.41) is 9.88. The summed E-state index contributed by atoms with van der Waals surface area (Å²) in [4.78, 5) is 35.2. The number of aryl methyl sites for hydroxylation is 1. The highest BCUT2D eigenvalue weighted by Crippen LogP contribution is 2.30. The van der Waals surface area contributed by atoms with Crippen LogP contribution >= 0.6 is 8.25 Å². The standard InChI is InChI=1S/C11H13N2O8P/c1-6-3-13(11(17)12-10(6)16)9-2-7(15)8(21-9)4-19-22(18)20-5-14/h3,5,7-9,15H,2,4H2,1H3/p+1/t7-,8+,9+/m0/s1. The third kappa shape index (κ3) is 3.66. The van der Waals surface area contributed by atoms with Gasteiger partial charge in [-0.05, 0) is 6.92 Å². The van der Waals surface area contributed by atoms with Gasteiger partial charge in [-0.1, -0.05) is 0 Å². The Morgan fingerprint density at radius 3 is 3.00 bits per heavy atom. The summed E-state index contributed by atoms with van der Waals surface area (Å²) in [7, 11) is -2.63. The highest BCUT2D eigenvalue weighted by molar-refractivity contribution is 7.33. The Morgan fingerprint density at radius 2 is 2.32 bits per heavy atom. The van der Waals surface area contributed by atoms with Crippen molar-refractivity contribution in [3.05, 3.63) is 32.6 Å². The lowest BCUT2D eigenvalue weighted by Crippen LogP contribution is -2.33. The predicted octanol–water partition coefficient (Wildman–Crippen LogP) is -0.660. The number of nitrogens with zero attached hydrogens (tertiary/aromatic N) is 1. The summed E-state index contributed by atoms with van der Waals surface area (Å²) in [5.74, 6) is 0. The molecule has 2 N–H and O–H groups in total. The van der Waals surface area contributed by atoms with E-state index in [1.807, 2.05) is 0 Å². The molecule has 2 heterocycles. The van der Waals surface area contributed by atoms with Gasteiger partial charge in [0, 0.05) is 22.7 Å². The van der Waals surface area contributed by atoms with Crippen LogP contribution in [0, 0.1) is 6.92 Å². The smallest absolute Gasteiger partial charge is 0.390 e. The molecule has 1 unspecified atom stereocenters. The lowest BCUT2D eigenvalue weighted by atomic mass is 10.2. The topological polar surface area (TPSA) is 137 Å². The van der Waals surface area contributed by atoms with E-state index in [4.69, 9.17) is 9.26 Å². The largest absolute Gasteiger partial charge is 0.752 e. The third-order valence-electron chi connectivity index (χ3n) is 3.13. The molecule has 0 radical (unpaired) electrons. The maximum Gasteiger partial charge on any atom is 0.752 e. The van der Waals surface area contributed by atoms with E-state index in [-0.39, 0.29) is 19.5 Å². The van der Waals surface area contributed by atoms with Crippen LogP contribution in [0.2, 0.25) is 0 Å². The Labute approximate surface area is 124 Å². The second-order valence-corrected chi connectivity index (χ2v) is 5.55. The molecule has 1 aliphatic heterocycles. The van der Waals surface area contributed by atoms with E-state index in [0.717, 1.165) is 4.57 Å². The predicted molar refractivity (Wildman–Crippen MR) is 71.3 cm³/mol. The van der Waals surface area contributed by atoms with E-state index in [0.29, 0.717) is 5.56 Å². The first-order valence-electron chi connectivity index (χ1n) is 6.28. The van der Waals surface area contributed by atoms with Crippen LogP contribution in [0.1, 0.15) is 18.2 Å². The minimum Gasteiger partial charge on any atom is -0.390 e. The maximum atomic E-state index is 11.8. The quantitative estimate of drug-likeness (QED) is 0.517. The van der Waals surface area contributed by atoms with E-state index in [2.05, 4.69) is 9.51 Å². The Morgan fingerprint density at radius 1 is 1.59 bits per heavy atom. The molecule has 1 aliphatic rings. The number of hydrogen-bond acceptors (Lipinski definition) is 8. The first kappa shape index (κ1) is 16.5. The van der Waals surface area contributed by atoms with Gasteiger partial charge in [-0.3, -0.25) is 19.1 Å². The molecule has 2 rings (SSSR count). The summed E-state index contributed by atoms with van der Waals surface area (Å²) in [6.07, 6.45) is -1.19. The number of ether oxygens (including phenoxy) is 1. The van der Waals surface area contributed by atoms with Crippen molar-refractivity contribution < 1.29 is 28.3 Å². The number of carbonyl (C=O) groups is 1. The lowest BCUT2D eigenvalue weighted by molar-refractivity contribution is -0.121. The average Bonchev–Trinajstić information content (AvgIpc) is 2.82. The van der Waals surface area contributed by atoms with Crippen molar-refractivity contribution in [2.45, 2.75) is 31.8 Å². The van der Waals surface area contributed by atoms with Crippen molar-refractivity contribution in [3.8, 4) is 0 Å². The molecule has 0 aromatic carbocycles. The fourth-order valence-electron chi connectivity index (χ4n) is 2.04. The van der Waals surface area contributed by atoms with E-state index in [9.17, 15) is 24.1 Å². The molecule has 0 amide bonds. The molecule has 22 heavy (non-hydrogen) atoms. The number of carbonyl (C=O) groups excluding carboxylic acids is 1. The van der Waals surface area contributed by atoms with E-state index >= 15 is 0 Å². The molecule has 0 aliphatic carbocycles. The summed E-state index contributed by atoms with van der Waals surface area (Å²) in [6.45, 7) is 1.23. The molecule has 120 valence electrons. The molecular formula is C11H14N2O8P+. The zero-order valence-corrected chi connectivity index (χ0v) is 12.4. The number of nitrogens with one attached hydrogen (secondary N) is 1. The normalized spacial score (nSPS) is 25.0. The van der Waals surface area contributed by atoms with Gasteiger partial charge in [-0.15, -0.1) is 4.52 Å². The zero-order valence-electron chi connectivity index (χ0n) is 11.5. The minimum absolute atomic E-state index is 0.0178. The Kier molecular flexibility index (Phi) is 5.19. The number of aliphatic hydroxyl groups is 1. The van der Waals surface area contributed by atoms with Crippen LogP contribution in [0.15, 0.2) is 15.8 Å². The number of H-pyrrole nitrogens is 1. The molecular weight excluding hydrogens is 319 g/mol. The number of rotatable bonds is 6. The highest BCUT2D eigenvalue weighted by atomic mass is 31.1. The van der Waals surface area contributed by atoms with E-state index in [1.165, 1.54) is 13.1 Å². The summed E-state index contributed by atoms with van der Waals surface area (Å²) >= 11 is 0. The van der Waals surface area contributed by atoms with Crippen LogP contribution in [0.5, 0.6) is 0 Å².